The van der Waals surface area contributed by atoms with E-state index in [4.69, 9.17) is 18.9 Å². The monoisotopic (exact) mass is 525 g/mol. The lowest BCUT2D eigenvalue weighted by Gasteiger charge is -2.44. The average Bonchev–Trinajstić information content (AvgIpc) is 2.74. The second-order valence-electron chi connectivity index (χ2n) is 7.35. The summed E-state index contributed by atoms with van der Waals surface area (Å²) in [6, 6.07) is 4.21. The largest absolute Gasteiger partial charge is 0.471 e. The highest BCUT2D eigenvalue weighted by atomic mass is 32.2. The van der Waals surface area contributed by atoms with E-state index in [1.54, 1.807) is 0 Å². The lowest BCUT2D eigenvalue weighted by Crippen LogP contribution is -2.68. The maximum absolute atomic E-state index is 13.4. The van der Waals surface area contributed by atoms with Crippen LogP contribution in [0.4, 0.5) is 13.2 Å². The molecule has 35 heavy (non-hydrogen) atoms. The van der Waals surface area contributed by atoms with Crippen LogP contribution < -0.4 is 5.32 Å². The fraction of sp³-hybridized carbons (Fsp3) is 0.500. The summed E-state index contributed by atoms with van der Waals surface area (Å²) in [5, 5.41) is 1.48. The molecule has 11 nitrogen and oxygen atoms in total. The number of halogens is 3. The van der Waals surface area contributed by atoms with Gasteiger partial charge in [-0.1, -0.05) is 18.2 Å². The Morgan fingerprint density at radius 3 is 1.97 bits per heavy atom. The van der Waals surface area contributed by atoms with Gasteiger partial charge in [0.25, 0.3) is 0 Å². The minimum absolute atomic E-state index is 0.394. The molecule has 5 atom stereocenters. The molecule has 0 spiro atoms. The van der Waals surface area contributed by atoms with Crippen LogP contribution in [-0.2, 0) is 48.0 Å². The van der Waals surface area contributed by atoms with Crippen LogP contribution in [0, 0.1) is 0 Å². The van der Waals surface area contributed by atoms with Crippen LogP contribution in [0.2, 0.25) is 0 Å². The molecule has 1 N–H and O–H groups in total. The van der Waals surface area contributed by atoms with Crippen molar-refractivity contribution in [1.82, 2.24) is 5.32 Å². The van der Waals surface area contributed by atoms with E-state index in [-0.39, 0.29) is 0 Å². The lowest BCUT2D eigenvalue weighted by molar-refractivity contribution is -0.215. The summed E-state index contributed by atoms with van der Waals surface area (Å²) in [7, 11) is -4.67. The molecule has 1 aromatic rings. The second kappa shape index (κ2) is 11.0. The van der Waals surface area contributed by atoms with Gasteiger partial charge in [-0.2, -0.15) is 13.2 Å². The molecule has 2 rings (SSSR count). The van der Waals surface area contributed by atoms with E-state index in [2.05, 4.69) is 0 Å². The van der Waals surface area contributed by atoms with E-state index in [1.165, 1.54) is 23.5 Å². The summed E-state index contributed by atoms with van der Waals surface area (Å²) in [4.78, 5) is 46.2. The predicted octanol–water partition coefficient (Wildman–Crippen LogP) is 0.659. The van der Waals surface area contributed by atoms with Crippen LogP contribution in [0.25, 0.3) is 0 Å². The highest BCUT2D eigenvalue weighted by Crippen LogP contribution is 2.33. The van der Waals surface area contributed by atoms with Crippen LogP contribution in [-0.4, -0.2) is 74.8 Å². The summed E-state index contributed by atoms with van der Waals surface area (Å²) in [5.74, 6) is -5.50. The van der Waals surface area contributed by atoms with Crippen LogP contribution in [0.15, 0.2) is 35.2 Å². The van der Waals surface area contributed by atoms with Gasteiger partial charge in [0.1, 0.15) is 18.8 Å². The van der Waals surface area contributed by atoms with Crippen LogP contribution in [0.5, 0.6) is 0 Å². The van der Waals surface area contributed by atoms with Gasteiger partial charge in [0.15, 0.2) is 17.6 Å². The Morgan fingerprint density at radius 1 is 0.943 bits per heavy atom. The van der Waals surface area contributed by atoms with Gasteiger partial charge < -0.3 is 24.3 Å². The Balaban J connectivity index is 2.68. The van der Waals surface area contributed by atoms with E-state index in [0.29, 0.717) is 0 Å². The van der Waals surface area contributed by atoms with Crippen molar-refractivity contribution in [1.29, 1.82) is 0 Å². The summed E-state index contributed by atoms with van der Waals surface area (Å²) in [6.45, 7) is 2.08. The van der Waals surface area contributed by atoms with E-state index in [9.17, 15) is 40.8 Å². The molecular formula is C20H22F3NO10S. The number of nitrogens with one attached hydrogen (secondary N) is 1. The van der Waals surface area contributed by atoms with Crippen molar-refractivity contribution in [2.45, 2.75) is 61.6 Å². The van der Waals surface area contributed by atoms with Crippen molar-refractivity contribution in [3.8, 4) is 0 Å². The van der Waals surface area contributed by atoms with E-state index >= 15 is 0 Å². The smallest absolute Gasteiger partial charge is 0.463 e. The molecule has 15 heteroatoms. The molecule has 1 aliphatic heterocycles. The Morgan fingerprint density at radius 2 is 1.49 bits per heavy atom. The number of carbonyl (C=O) groups is 4. The zero-order valence-corrected chi connectivity index (χ0v) is 19.4. The van der Waals surface area contributed by atoms with Gasteiger partial charge in [-0.3, -0.25) is 19.2 Å². The Hall–Kier alpha value is -3.20. The van der Waals surface area contributed by atoms with Crippen molar-refractivity contribution >= 4 is 33.7 Å². The molecule has 194 valence electrons. The molecule has 0 bridgehead atoms. The van der Waals surface area contributed by atoms with Crippen molar-refractivity contribution < 1.29 is 59.7 Å². The van der Waals surface area contributed by atoms with E-state index in [0.717, 1.165) is 32.9 Å². The zero-order chi connectivity index (χ0) is 26.6. The first-order chi connectivity index (χ1) is 16.1. The number of rotatable bonds is 7. The molecule has 1 aromatic carbocycles. The van der Waals surface area contributed by atoms with E-state index < -0.39 is 81.1 Å². The molecular weight excluding hydrogens is 503 g/mol. The molecule has 0 aromatic heterocycles. The number of esters is 3. The van der Waals surface area contributed by atoms with Crippen molar-refractivity contribution in [2.24, 2.45) is 0 Å². The topological polar surface area (TPSA) is 151 Å². The average molecular weight is 525 g/mol. The number of amides is 1. The first-order valence-electron chi connectivity index (χ1n) is 9.94. The zero-order valence-electron chi connectivity index (χ0n) is 18.6. The van der Waals surface area contributed by atoms with Gasteiger partial charge in [0.2, 0.25) is 9.84 Å². The third kappa shape index (κ3) is 7.14. The Kier molecular flexibility index (Phi) is 8.84. The van der Waals surface area contributed by atoms with Crippen molar-refractivity contribution in [2.75, 3.05) is 6.61 Å². The minimum atomic E-state index is -5.45. The van der Waals surface area contributed by atoms with Gasteiger partial charge in [-0.05, 0) is 12.1 Å². The quantitative estimate of drug-likeness (QED) is 0.397. The second-order valence-corrected chi connectivity index (χ2v) is 9.37. The van der Waals surface area contributed by atoms with Crippen molar-refractivity contribution in [3.63, 3.8) is 0 Å². The number of hydrogen-bond donors (Lipinski definition) is 1. The number of benzene rings is 1. The molecule has 0 radical (unpaired) electrons. The molecule has 0 aliphatic carbocycles. The molecule has 1 saturated heterocycles. The number of alkyl halides is 3. The fourth-order valence-corrected chi connectivity index (χ4v) is 5.00. The summed E-state index contributed by atoms with van der Waals surface area (Å²) in [5.41, 5.74) is -2.27. The third-order valence-corrected chi connectivity index (χ3v) is 6.58. The summed E-state index contributed by atoms with van der Waals surface area (Å²) >= 11 is 0. The minimum Gasteiger partial charge on any atom is -0.463 e. The fourth-order valence-electron chi connectivity index (χ4n) is 3.30. The summed E-state index contributed by atoms with van der Waals surface area (Å²) < 4.78 is 86.4. The number of hydrogen-bond acceptors (Lipinski definition) is 10. The SMILES string of the molecule is CC(=O)OC[C@H]1O[C@@H](S(=O)(=O)c2ccccc2)[C@H](NC(=O)C(F)(F)F)[C@@H](OC(C)=O)[C@@H]1OC(C)=O. The Bertz CT molecular complexity index is 1060. The maximum atomic E-state index is 13.4. The third-order valence-electron chi connectivity index (χ3n) is 4.63. The molecule has 1 aliphatic rings. The predicted molar refractivity (Wildman–Crippen MR) is 108 cm³/mol. The van der Waals surface area contributed by atoms with Crippen LogP contribution in [0.3, 0.4) is 0 Å². The van der Waals surface area contributed by atoms with Gasteiger partial charge >= 0.3 is 30.0 Å². The van der Waals surface area contributed by atoms with Crippen LogP contribution >= 0.6 is 0 Å². The standard InChI is InChI=1S/C20H22F3NO10S/c1-10(25)31-9-14-16(32-11(2)26)17(33-12(3)27)15(24-19(28)20(21,22)23)18(34-14)35(29,30)13-7-5-4-6-8-13/h4-8,14-18H,9H2,1-3H3,(H,24,28)/t14-,15-,16-,17-,18+/m1/s1. The highest BCUT2D eigenvalue weighted by molar-refractivity contribution is 7.92. The first kappa shape index (κ1) is 28.0. The van der Waals surface area contributed by atoms with E-state index in [1.807, 2.05) is 0 Å². The van der Waals surface area contributed by atoms with Gasteiger partial charge in [0, 0.05) is 20.8 Å². The van der Waals surface area contributed by atoms with Gasteiger partial charge in [-0.15, -0.1) is 0 Å². The van der Waals surface area contributed by atoms with Gasteiger partial charge in [0.05, 0.1) is 4.90 Å². The lowest BCUT2D eigenvalue weighted by atomic mass is 9.97. The molecule has 1 heterocycles. The number of carbonyl (C=O) groups excluding carboxylic acids is 4. The molecule has 0 unspecified atom stereocenters. The summed E-state index contributed by atoms with van der Waals surface area (Å²) in [6.07, 6.45) is -10.8. The van der Waals surface area contributed by atoms with Crippen LogP contribution in [0.1, 0.15) is 20.8 Å². The number of ether oxygens (including phenoxy) is 4. The van der Waals surface area contributed by atoms with Crippen molar-refractivity contribution in [3.05, 3.63) is 30.3 Å². The Labute approximate surface area is 197 Å². The first-order valence-corrected chi connectivity index (χ1v) is 11.5. The molecule has 1 amide bonds. The number of sulfone groups is 1. The maximum Gasteiger partial charge on any atom is 0.471 e. The molecule has 1 fully saturated rings. The highest BCUT2D eigenvalue weighted by Gasteiger charge is 2.56. The van der Waals surface area contributed by atoms with Gasteiger partial charge in [-0.25, -0.2) is 8.42 Å². The normalized spacial score (nSPS) is 24.7. The molecule has 0 saturated carbocycles.